The van der Waals surface area contributed by atoms with Crippen LogP contribution in [0.1, 0.15) is 19.5 Å². The average Bonchev–Trinajstić information content (AvgIpc) is 3.30. The quantitative estimate of drug-likeness (QED) is 0.0662. The molecule has 1 aromatic rings. The summed E-state index contributed by atoms with van der Waals surface area (Å²) in [7, 11) is 2.98. The molecule has 3 amide bonds. The molecule has 0 aromatic carbocycles. The summed E-state index contributed by atoms with van der Waals surface area (Å²) < 4.78 is 20.0. The second-order valence-electron chi connectivity index (χ2n) is 8.42. The largest absolute Gasteiger partial charge is 0.511 e. The number of nitrogens with zero attached hydrogens (tertiary/aromatic N) is 4. The molecular weight excluding hydrogens is 560 g/mol. The lowest BCUT2D eigenvalue weighted by molar-refractivity contribution is -0.184. The number of thiazole rings is 1. The van der Waals surface area contributed by atoms with Crippen LogP contribution in [0.2, 0.25) is 0 Å². The summed E-state index contributed by atoms with van der Waals surface area (Å²) in [4.78, 5) is 69.0. The molecule has 0 aliphatic carbocycles. The zero-order valence-corrected chi connectivity index (χ0v) is 23.0. The molecule has 0 spiro atoms. The van der Waals surface area contributed by atoms with Crippen molar-refractivity contribution in [3.63, 3.8) is 0 Å². The fourth-order valence-corrected chi connectivity index (χ4v) is 5.79. The van der Waals surface area contributed by atoms with Crippen molar-refractivity contribution in [3.05, 3.63) is 11.1 Å². The summed E-state index contributed by atoms with van der Waals surface area (Å²) >= 11 is 2.28. The van der Waals surface area contributed by atoms with Crippen LogP contribution < -0.4 is 11.1 Å². The third-order valence-electron chi connectivity index (χ3n) is 5.51. The molecule has 1 aromatic heterocycles. The minimum Gasteiger partial charge on any atom is -0.449 e. The molecule has 2 aliphatic heterocycles. The van der Waals surface area contributed by atoms with Gasteiger partial charge in [0.25, 0.3) is 5.91 Å². The summed E-state index contributed by atoms with van der Waals surface area (Å²) in [5, 5.41) is 15.7. The number of nitrogens with two attached hydrogens (primary N) is 1. The highest BCUT2D eigenvalue weighted by Crippen LogP contribution is 2.41. The van der Waals surface area contributed by atoms with Gasteiger partial charge in [-0.2, -0.15) is 0 Å². The number of hydrogen-bond acceptors (Lipinski definition) is 15. The third kappa shape index (κ3) is 6.80. The maximum Gasteiger partial charge on any atom is 0.511 e. The van der Waals surface area contributed by atoms with E-state index in [0.717, 1.165) is 11.3 Å². The van der Waals surface area contributed by atoms with Crippen LogP contribution >= 0.6 is 23.1 Å². The fourth-order valence-electron chi connectivity index (χ4n) is 3.75. The van der Waals surface area contributed by atoms with Crippen LogP contribution in [0.4, 0.5) is 14.7 Å². The Morgan fingerprint density at radius 2 is 2.03 bits per heavy atom. The topological polar surface area (TPSA) is 212 Å². The summed E-state index contributed by atoms with van der Waals surface area (Å²) in [6.07, 6.45) is -3.03. The van der Waals surface area contributed by atoms with Crippen molar-refractivity contribution in [2.24, 2.45) is 11.1 Å². The van der Waals surface area contributed by atoms with E-state index in [2.05, 4.69) is 20.2 Å². The maximum atomic E-state index is 13.2. The van der Waals surface area contributed by atoms with E-state index in [4.69, 9.17) is 19.9 Å². The lowest BCUT2D eigenvalue weighted by Crippen LogP contribution is -2.76. The first kappa shape index (κ1) is 29.8. The molecule has 3 heterocycles. The minimum atomic E-state index is -1.34. The van der Waals surface area contributed by atoms with Gasteiger partial charge in [0, 0.05) is 38.1 Å². The standard InChI is InChI=1S/C21H28N6O10S2/c1-5-34-21(32)37-9(2)36-18(30)14-10(6-35-20(31)26(3)4)7-38-17-13(16(29)27(14)17)24-15(28)12(25-33)11-8-39-19(22)23-11/h8-10,13-14,17,33H,5-7H2,1-4H3,(H2,22,23)(H,24,28)/b25-12+. The van der Waals surface area contributed by atoms with Gasteiger partial charge in [0.1, 0.15) is 23.2 Å². The second-order valence-corrected chi connectivity index (χ2v) is 10.5. The number of β-lactam (4-membered cyclic amide) rings is 1. The summed E-state index contributed by atoms with van der Waals surface area (Å²) in [6, 6.07) is -2.28. The van der Waals surface area contributed by atoms with Gasteiger partial charge in [-0.05, 0) is 6.92 Å². The number of fused-ring (bicyclic) bond motifs is 1. The highest BCUT2D eigenvalue weighted by Gasteiger charge is 2.58. The number of aromatic nitrogens is 1. The zero-order chi connectivity index (χ0) is 28.9. The van der Waals surface area contributed by atoms with Gasteiger partial charge < -0.3 is 45.0 Å². The van der Waals surface area contributed by atoms with E-state index in [-0.39, 0.29) is 29.8 Å². The molecule has 39 heavy (non-hydrogen) atoms. The lowest BCUT2D eigenvalue weighted by Gasteiger charge is -2.54. The molecule has 2 aliphatic rings. The number of hydrogen-bond donors (Lipinski definition) is 3. The maximum absolute atomic E-state index is 13.2. The number of rotatable bonds is 9. The van der Waals surface area contributed by atoms with Gasteiger partial charge in [0.05, 0.1) is 13.2 Å². The Hall–Kier alpha value is -3.80. The van der Waals surface area contributed by atoms with Crippen LogP contribution in [0.5, 0.6) is 0 Å². The first-order chi connectivity index (χ1) is 18.5. The highest BCUT2D eigenvalue weighted by molar-refractivity contribution is 8.00. The molecular formula is C21H28N6O10S2. The van der Waals surface area contributed by atoms with Crippen LogP contribution in [0.15, 0.2) is 10.5 Å². The number of nitrogen functional groups attached to an aromatic ring is 1. The average molecular weight is 589 g/mol. The van der Waals surface area contributed by atoms with E-state index in [9.17, 15) is 29.2 Å². The molecule has 18 heteroatoms. The zero-order valence-electron chi connectivity index (χ0n) is 21.4. The van der Waals surface area contributed by atoms with Crippen LogP contribution in [0, 0.1) is 5.92 Å². The Morgan fingerprint density at radius 1 is 1.31 bits per heavy atom. The number of ether oxygens (including phenoxy) is 4. The SMILES string of the molecule is CCOC(=O)OC(C)OC(=O)C1C(COC(=O)N(C)C)CSC2C(NC(=O)/C(=N/O)c3csc(N)n3)C(=O)N21. The molecule has 0 radical (unpaired) electrons. The van der Waals surface area contributed by atoms with E-state index in [1.165, 1.54) is 48.0 Å². The van der Waals surface area contributed by atoms with Crippen LogP contribution in [-0.4, -0.2) is 113 Å². The molecule has 2 fully saturated rings. The minimum absolute atomic E-state index is 0.0252. The molecule has 214 valence electrons. The Bertz CT molecular complexity index is 1140. The summed E-state index contributed by atoms with van der Waals surface area (Å²) in [5.74, 6) is -2.83. The monoisotopic (exact) mass is 588 g/mol. The number of oxime groups is 1. The third-order valence-corrected chi connectivity index (χ3v) is 7.64. The van der Waals surface area contributed by atoms with Gasteiger partial charge in [-0.3, -0.25) is 9.59 Å². The number of thioether (sulfide) groups is 1. The van der Waals surface area contributed by atoms with Gasteiger partial charge in [-0.15, -0.1) is 23.1 Å². The molecule has 16 nitrogen and oxygen atoms in total. The molecule has 3 rings (SSSR count). The van der Waals surface area contributed by atoms with Gasteiger partial charge in [-0.1, -0.05) is 5.16 Å². The molecule has 4 N–H and O–H groups in total. The fraction of sp³-hybridized carbons (Fsp3) is 0.571. The summed E-state index contributed by atoms with van der Waals surface area (Å²) in [5.41, 5.74) is 5.16. The smallest absolute Gasteiger partial charge is 0.449 e. The Kier molecular flexibility index (Phi) is 9.79. The normalized spacial score (nSPS) is 23.0. The van der Waals surface area contributed by atoms with E-state index in [1.807, 2.05) is 0 Å². The van der Waals surface area contributed by atoms with E-state index >= 15 is 0 Å². The second kappa shape index (κ2) is 12.8. The predicted octanol–water partition coefficient (Wildman–Crippen LogP) is 0.0488. The molecule has 0 saturated carbocycles. The van der Waals surface area contributed by atoms with E-state index in [0.29, 0.717) is 0 Å². The van der Waals surface area contributed by atoms with Crippen LogP contribution in [0.25, 0.3) is 0 Å². The van der Waals surface area contributed by atoms with Gasteiger partial charge in [-0.25, -0.2) is 19.4 Å². The first-order valence-corrected chi connectivity index (χ1v) is 13.5. The van der Waals surface area contributed by atoms with E-state index < -0.39 is 65.4 Å². The number of amides is 3. The van der Waals surface area contributed by atoms with Crippen molar-refractivity contribution in [2.75, 3.05) is 38.8 Å². The molecule has 0 bridgehead atoms. The van der Waals surface area contributed by atoms with Crippen LogP contribution in [0.3, 0.4) is 0 Å². The lowest BCUT2D eigenvalue weighted by atomic mass is 9.93. The molecule has 2 saturated heterocycles. The van der Waals surface area contributed by atoms with Crippen molar-refractivity contribution in [1.29, 1.82) is 0 Å². The van der Waals surface area contributed by atoms with Crippen LogP contribution in [-0.2, 0) is 33.3 Å². The van der Waals surface area contributed by atoms with Crippen molar-refractivity contribution < 1.29 is 48.1 Å². The van der Waals surface area contributed by atoms with Crippen molar-refractivity contribution >= 4 is 64.0 Å². The Labute approximate surface area is 230 Å². The molecule has 5 unspecified atom stereocenters. The molecule has 5 atom stereocenters. The van der Waals surface area contributed by atoms with Crippen molar-refractivity contribution in [3.8, 4) is 0 Å². The van der Waals surface area contributed by atoms with Crippen molar-refractivity contribution in [2.45, 2.75) is 37.6 Å². The Balaban J connectivity index is 1.74. The predicted molar refractivity (Wildman–Crippen MR) is 136 cm³/mol. The van der Waals surface area contributed by atoms with E-state index in [1.54, 1.807) is 6.92 Å². The van der Waals surface area contributed by atoms with Crippen molar-refractivity contribution in [1.82, 2.24) is 20.1 Å². The number of nitrogens with one attached hydrogen (secondary N) is 1. The number of carbonyl (C=O) groups excluding carboxylic acids is 5. The summed E-state index contributed by atoms with van der Waals surface area (Å²) in [6.45, 7) is 2.71. The number of anilines is 1. The van der Waals surface area contributed by atoms with Gasteiger partial charge >= 0.3 is 18.2 Å². The van der Waals surface area contributed by atoms with Gasteiger partial charge in [0.15, 0.2) is 10.8 Å². The number of carbonyl (C=O) groups is 5. The highest BCUT2D eigenvalue weighted by atomic mass is 32.2. The van der Waals surface area contributed by atoms with Gasteiger partial charge in [0.2, 0.25) is 12.2 Å². The first-order valence-electron chi connectivity index (χ1n) is 11.5. The Morgan fingerprint density at radius 3 is 2.62 bits per heavy atom. The number of esters is 1.